The topological polar surface area (TPSA) is 30.9 Å². The van der Waals surface area contributed by atoms with Crippen LogP contribution in [0.5, 0.6) is 11.5 Å². The van der Waals surface area contributed by atoms with Crippen molar-refractivity contribution < 1.29 is 14.2 Å². The Bertz CT molecular complexity index is 663. The van der Waals surface area contributed by atoms with Crippen molar-refractivity contribution in [1.82, 2.24) is 4.90 Å². The molecule has 0 aliphatic carbocycles. The number of fused-ring (bicyclic) bond motifs is 1. The van der Waals surface area contributed by atoms with Crippen molar-refractivity contribution in [3.63, 3.8) is 0 Å². The number of rotatable bonds is 4. The van der Waals surface area contributed by atoms with Crippen molar-refractivity contribution in [1.29, 1.82) is 0 Å². The number of benzene rings is 2. The number of hydrogen-bond donors (Lipinski definition) is 0. The van der Waals surface area contributed by atoms with Crippen LogP contribution in [0.1, 0.15) is 11.1 Å². The molecule has 0 saturated carbocycles. The molecule has 3 rings (SSSR count). The van der Waals surface area contributed by atoms with Crippen LogP contribution in [-0.4, -0.2) is 45.4 Å². The van der Waals surface area contributed by atoms with Crippen molar-refractivity contribution in [2.24, 2.45) is 0 Å². The summed E-state index contributed by atoms with van der Waals surface area (Å²) < 4.78 is 16.5. The minimum absolute atomic E-state index is 0.823. The van der Waals surface area contributed by atoms with Crippen molar-refractivity contribution in [3.8, 4) is 11.5 Å². The van der Waals surface area contributed by atoms with E-state index in [2.05, 4.69) is 30.0 Å². The van der Waals surface area contributed by atoms with E-state index < -0.39 is 0 Å². The molecule has 22 heavy (non-hydrogen) atoms. The average Bonchev–Trinajstić information content (AvgIpc) is 2.55. The maximum absolute atomic E-state index is 5.61. The molecular formula is C18H23NO3. The van der Waals surface area contributed by atoms with Crippen LogP contribution in [0.2, 0.25) is 0 Å². The summed E-state index contributed by atoms with van der Waals surface area (Å²) in [6, 6.07) is 8.56. The highest BCUT2D eigenvalue weighted by Gasteiger charge is 2.14. The molecule has 0 unspecified atom stereocenters. The number of morpholine rings is 1. The van der Waals surface area contributed by atoms with Gasteiger partial charge in [-0.15, -0.1) is 0 Å². The number of nitrogens with zero attached hydrogens (tertiary/aromatic N) is 1. The number of hydrogen-bond acceptors (Lipinski definition) is 4. The molecule has 0 bridgehead atoms. The van der Waals surface area contributed by atoms with Gasteiger partial charge in [0.25, 0.3) is 0 Å². The van der Waals surface area contributed by atoms with Gasteiger partial charge in [-0.3, -0.25) is 4.90 Å². The molecule has 0 amide bonds. The van der Waals surface area contributed by atoms with E-state index in [-0.39, 0.29) is 0 Å². The van der Waals surface area contributed by atoms with Gasteiger partial charge in [-0.2, -0.15) is 0 Å². The van der Waals surface area contributed by atoms with Crippen LogP contribution in [0.25, 0.3) is 10.8 Å². The Hall–Kier alpha value is -1.78. The highest BCUT2D eigenvalue weighted by atomic mass is 16.5. The van der Waals surface area contributed by atoms with Crippen LogP contribution in [-0.2, 0) is 11.3 Å². The molecule has 0 aromatic heterocycles. The normalized spacial score (nSPS) is 16.0. The van der Waals surface area contributed by atoms with E-state index in [0.29, 0.717) is 0 Å². The van der Waals surface area contributed by atoms with Gasteiger partial charge < -0.3 is 14.2 Å². The summed E-state index contributed by atoms with van der Waals surface area (Å²) in [4.78, 5) is 2.42. The number of aryl methyl sites for hydroxylation is 1. The van der Waals surface area contributed by atoms with E-state index in [1.807, 2.05) is 6.07 Å². The van der Waals surface area contributed by atoms with Crippen LogP contribution in [0.15, 0.2) is 24.3 Å². The molecule has 4 heteroatoms. The second-order valence-electron chi connectivity index (χ2n) is 5.70. The van der Waals surface area contributed by atoms with Crippen molar-refractivity contribution in [2.45, 2.75) is 13.5 Å². The Kier molecular flexibility index (Phi) is 4.50. The highest BCUT2D eigenvalue weighted by Crippen LogP contribution is 2.37. The van der Waals surface area contributed by atoms with Gasteiger partial charge in [0.05, 0.1) is 27.4 Å². The van der Waals surface area contributed by atoms with E-state index in [4.69, 9.17) is 14.2 Å². The first-order chi connectivity index (χ1) is 10.7. The maximum Gasteiger partial charge on any atom is 0.129 e. The quantitative estimate of drug-likeness (QED) is 0.868. The largest absolute Gasteiger partial charge is 0.496 e. The molecule has 1 fully saturated rings. The number of methoxy groups -OCH3 is 2. The molecule has 118 valence electrons. The van der Waals surface area contributed by atoms with Crippen LogP contribution >= 0.6 is 0 Å². The van der Waals surface area contributed by atoms with Crippen LogP contribution in [0.4, 0.5) is 0 Å². The third kappa shape index (κ3) is 2.89. The molecule has 1 heterocycles. The van der Waals surface area contributed by atoms with Gasteiger partial charge in [0, 0.05) is 30.4 Å². The first-order valence-corrected chi connectivity index (χ1v) is 7.67. The van der Waals surface area contributed by atoms with Gasteiger partial charge in [0.1, 0.15) is 11.5 Å². The molecule has 1 aliphatic rings. The lowest BCUT2D eigenvalue weighted by molar-refractivity contribution is 0.0342. The van der Waals surface area contributed by atoms with Gasteiger partial charge in [-0.1, -0.05) is 12.1 Å². The highest BCUT2D eigenvalue weighted by molar-refractivity contribution is 5.95. The Balaban J connectivity index is 2.00. The second-order valence-corrected chi connectivity index (χ2v) is 5.70. The standard InChI is InChI=1S/C18H23NO3/c1-13-10-17(20-2)15-5-4-14(11-16(15)18(13)21-3)12-19-6-8-22-9-7-19/h4-5,10-11H,6-9,12H2,1-3H3. The Morgan fingerprint density at radius 2 is 1.82 bits per heavy atom. The van der Waals surface area contributed by atoms with Gasteiger partial charge in [-0.05, 0) is 30.2 Å². The third-order valence-corrected chi connectivity index (χ3v) is 4.23. The summed E-state index contributed by atoms with van der Waals surface area (Å²) in [5.74, 6) is 1.82. The van der Waals surface area contributed by atoms with Gasteiger partial charge in [0.2, 0.25) is 0 Å². The monoisotopic (exact) mass is 301 g/mol. The number of ether oxygens (including phenoxy) is 3. The molecule has 2 aromatic carbocycles. The smallest absolute Gasteiger partial charge is 0.129 e. The summed E-state index contributed by atoms with van der Waals surface area (Å²) in [6.07, 6.45) is 0. The molecule has 1 saturated heterocycles. The van der Waals surface area contributed by atoms with E-state index in [0.717, 1.165) is 60.7 Å². The Morgan fingerprint density at radius 3 is 2.50 bits per heavy atom. The Morgan fingerprint density at radius 1 is 1.05 bits per heavy atom. The molecule has 0 spiro atoms. The molecule has 1 aliphatic heterocycles. The van der Waals surface area contributed by atoms with Gasteiger partial charge >= 0.3 is 0 Å². The van der Waals surface area contributed by atoms with E-state index in [1.54, 1.807) is 14.2 Å². The minimum atomic E-state index is 0.823. The predicted octanol–water partition coefficient (Wildman–Crippen LogP) is 3.00. The van der Waals surface area contributed by atoms with E-state index >= 15 is 0 Å². The maximum atomic E-state index is 5.61. The lowest BCUT2D eigenvalue weighted by Gasteiger charge is -2.26. The molecular weight excluding hydrogens is 278 g/mol. The van der Waals surface area contributed by atoms with Crippen LogP contribution < -0.4 is 9.47 Å². The summed E-state index contributed by atoms with van der Waals surface area (Å²) >= 11 is 0. The first-order valence-electron chi connectivity index (χ1n) is 7.67. The van der Waals surface area contributed by atoms with Crippen molar-refractivity contribution in [3.05, 3.63) is 35.4 Å². The fourth-order valence-electron chi connectivity index (χ4n) is 3.10. The molecule has 0 atom stereocenters. The summed E-state index contributed by atoms with van der Waals surface area (Å²) in [5.41, 5.74) is 2.38. The lowest BCUT2D eigenvalue weighted by atomic mass is 10.0. The second kappa shape index (κ2) is 6.55. The molecule has 0 N–H and O–H groups in total. The van der Waals surface area contributed by atoms with Gasteiger partial charge in [-0.25, -0.2) is 0 Å². The zero-order valence-corrected chi connectivity index (χ0v) is 13.5. The summed E-state index contributed by atoms with van der Waals surface area (Å²) in [5, 5.41) is 2.21. The van der Waals surface area contributed by atoms with Crippen molar-refractivity contribution >= 4 is 10.8 Å². The zero-order valence-electron chi connectivity index (χ0n) is 13.5. The summed E-state index contributed by atoms with van der Waals surface area (Å²) in [6.45, 7) is 6.63. The molecule has 2 aromatic rings. The van der Waals surface area contributed by atoms with Crippen molar-refractivity contribution in [2.75, 3.05) is 40.5 Å². The molecule has 4 nitrogen and oxygen atoms in total. The average molecular weight is 301 g/mol. The fraction of sp³-hybridized carbons (Fsp3) is 0.444. The SMILES string of the molecule is COc1cc(C)c(OC)c2cc(CN3CCOCC3)ccc12. The first kappa shape index (κ1) is 15.1. The predicted molar refractivity (Wildman–Crippen MR) is 87.9 cm³/mol. The summed E-state index contributed by atoms with van der Waals surface area (Å²) in [7, 11) is 3.44. The zero-order chi connectivity index (χ0) is 15.5. The third-order valence-electron chi connectivity index (χ3n) is 4.23. The minimum Gasteiger partial charge on any atom is -0.496 e. The lowest BCUT2D eigenvalue weighted by Crippen LogP contribution is -2.35. The van der Waals surface area contributed by atoms with Crippen LogP contribution in [0, 0.1) is 6.92 Å². The Labute approximate surface area is 131 Å². The fourth-order valence-corrected chi connectivity index (χ4v) is 3.10. The van der Waals surface area contributed by atoms with Crippen LogP contribution in [0.3, 0.4) is 0 Å². The molecule has 0 radical (unpaired) electrons. The van der Waals surface area contributed by atoms with E-state index in [1.165, 1.54) is 5.56 Å². The van der Waals surface area contributed by atoms with E-state index in [9.17, 15) is 0 Å². The van der Waals surface area contributed by atoms with Gasteiger partial charge in [0.15, 0.2) is 0 Å².